The van der Waals surface area contributed by atoms with Crippen LogP contribution in [0, 0.1) is 0 Å². The highest BCUT2D eigenvalue weighted by Crippen LogP contribution is 2.13. The Bertz CT molecular complexity index is 537. The second-order valence-electron chi connectivity index (χ2n) is 3.91. The fourth-order valence-corrected chi connectivity index (χ4v) is 1.65. The van der Waals surface area contributed by atoms with Crippen LogP contribution in [0.5, 0.6) is 5.75 Å². The second kappa shape index (κ2) is 6.21. The van der Waals surface area contributed by atoms with Crippen molar-refractivity contribution in [3.8, 4) is 5.75 Å². The molecular weight excluding hydrogens is 252 g/mol. The van der Waals surface area contributed by atoms with Gasteiger partial charge in [0, 0.05) is 5.56 Å². The normalized spacial score (nSPS) is 9.67. The first-order chi connectivity index (χ1) is 8.19. The number of Topliss-reactive ketones (excluding diaryl/α,β-unsaturated/α-hetero) is 1. The predicted octanol–water partition coefficient (Wildman–Crippen LogP) is -1.79. The Labute approximate surface area is 112 Å². The van der Waals surface area contributed by atoms with Crippen molar-refractivity contribution < 1.29 is 26.5 Å². The Morgan fingerprint density at radius 2 is 2.22 bits per heavy atom. The second-order valence-corrected chi connectivity index (χ2v) is 3.91. The summed E-state index contributed by atoms with van der Waals surface area (Å²) in [4.78, 5) is 12.0. The van der Waals surface area contributed by atoms with Crippen molar-refractivity contribution in [2.24, 2.45) is 7.05 Å². The van der Waals surface area contributed by atoms with Crippen LogP contribution in [0.3, 0.4) is 0 Å². The molecule has 0 spiro atoms. The molecule has 0 radical (unpaired) electrons. The van der Waals surface area contributed by atoms with Crippen LogP contribution in [0.25, 0.3) is 0 Å². The van der Waals surface area contributed by atoms with Crippen LogP contribution in [-0.4, -0.2) is 17.5 Å². The van der Waals surface area contributed by atoms with E-state index in [4.69, 9.17) is 4.74 Å². The summed E-state index contributed by atoms with van der Waals surface area (Å²) in [5.74, 6) is 0.772. The molecule has 18 heavy (non-hydrogen) atoms. The van der Waals surface area contributed by atoms with Crippen LogP contribution >= 0.6 is 0 Å². The van der Waals surface area contributed by atoms with Gasteiger partial charge in [-0.3, -0.25) is 4.79 Å². The summed E-state index contributed by atoms with van der Waals surface area (Å²) in [7, 11) is 3.52. The quantitative estimate of drug-likeness (QED) is 0.484. The van der Waals surface area contributed by atoms with Crippen molar-refractivity contribution in [3.05, 3.63) is 48.5 Å². The van der Waals surface area contributed by atoms with Gasteiger partial charge in [-0.2, -0.15) is 0 Å². The largest absolute Gasteiger partial charge is 1.00 e. The molecular formula is C13H15ClN2O2. The predicted molar refractivity (Wildman–Crippen MR) is 62.9 cm³/mol. The summed E-state index contributed by atoms with van der Waals surface area (Å²) in [6, 6.07) is 7.20. The fourth-order valence-electron chi connectivity index (χ4n) is 1.65. The van der Waals surface area contributed by atoms with Crippen LogP contribution in [0.2, 0.25) is 0 Å². The van der Waals surface area contributed by atoms with Gasteiger partial charge in [-0.05, 0) is 12.1 Å². The number of methoxy groups -OCH3 is 1. The zero-order valence-corrected chi connectivity index (χ0v) is 11.1. The molecule has 1 heterocycles. The third kappa shape index (κ3) is 3.34. The van der Waals surface area contributed by atoms with Gasteiger partial charge in [0.15, 0.2) is 6.54 Å². The Morgan fingerprint density at radius 3 is 2.83 bits per heavy atom. The highest BCUT2D eigenvalue weighted by atomic mass is 35.5. The molecule has 0 unspecified atom stereocenters. The first-order valence-corrected chi connectivity index (χ1v) is 5.37. The third-order valence-electron chi connectivity index (χ3n) is 2.54. The number of benzene rings is 1. The van der Waals surface area contributed by atoms with Gasteiger partial charge in [-0.25, -0.2) is 9.13 Å². The average Bonchev–Trinajstić information content (AvgIpc) is 2.75. The molecule has 0 atom stereocenters. The molecule has 96 valence electrons. The van der Waals surface area contributed by atoms with E-state index in [1.807, 2.05) is 47.0 Å². The van der Waals surface area contributed by atoms with E-state index in [-0.39, 0.29) is 18.2 Å². The number of hydrogen-bond acceptors (Lipinski definition) is 2. The number of halogens is 1. The SMILES string of the molecule is COc1cccc(C(=O)Cn2cc[n+](C)c2)c1.[Cl-]. The van der Waals surface area contributed by atoms with Gasteiger partial charge in [0.2, 0.25) is 12.1 Å². The number of aromatic nitrogens is 2. The monoisotopic (exact) mass is 266 g/mol. The molecule has 1 aromatic carbocycles. The highest BCUT2D eigenvalue weighted by Gasteiger charge is 2.11. The van der Waals surface area contributed by atoms with Crippen molar-refractivity contribution in [1.29, 1.82) is 0 Å². The Balaban J connectivity index is 0.00000162. The average molecular weight is 267 g/mol. The van der Waals surface area contributed by atoms with Crippen molar-refractivity contribution in [2.75, 3.05) is 7.11 Å². The summed E-state index contributed by atoms with van der Waals surface area (Å²) in [5, 5.41) is 0. The minimum Gasteiger partial charge on any atom is -1.00 e. The lowest BCUT2D eigenvalue weighted by Crippen LogP contribution is -3.00. The van der Waals surface area contributed by atoms with Crippen molar-refractivity contribution in [3.63, 3.8) is 0 Å². The van der Waals surface area contributed by atoms with Gasteiger partial charge >= 0.3 is 0 Å². The summed E-state index contributed by atoms with van der Waals surface area (Å²) in [6.45, 7) is 0.341. The number of hydrogen-bond donors (Lipinski definition) is 0. The molecule has 0 saturated carbocycles. The molecule has 0 N–H and O–H groups in total. The maximum Gasteiger partial charge on any atom is 0.243 e. The summed E-state index contributed by atoms with van der Waals surface area (Å²) < 4.78 is 8.85. The number of carbonyl (C=O) groups excluding carboxylic acids is 1. The molecule has 1 aromatic heterocycles. The van der Waals surface area contributed by atoms with Gasteiger partial charge in [0.05, 0.1) is 14.2 Å². The van der Waals surface area contributed by atoms with Crippen LogP contribution in [0.4, 0.5) is 0 Å². The summed E-state index contributed by atoms with van der Waals surface area (Å²) in [5.41, 5.74) is 0.667. The van der Waals surface area contributed by atoms with Gasteiger partial charge in [-0.15, -0.1) is 0 Å². The smallest absolute Gasteiger partial charge is 0.243 e. The zero-order valence-electron chi connectivity index (χ0n) is 10.3. The Kier molecular flexibility index (Phi) is 4.92. The molecule has 0 aliphatic rings. The van der Waals surface area contributed by atoms with Crippen LogP contribution in [0.15, 0.2) is 43.0 Å². The molecule has 2 aromatic rings. The number of carbonyl (C=O) groups is 1. The lowest BCUT2D eigenvalue weighted by atomic mass is 10.1. The van der Waals surface area contributed by atoms with Crippen LogP contribution < -0.4 is 21.7 Å². The van der Waals surface area contributed by atoms with Gasteiger partial charge in [0.25, 0.3) is 0 Å². The number of ketones is 1. The van der Waals surface area contributed by atoms with E-state index in [2.05, 4.69) is 0 Å². The van der Waals surface area contributed by atoms with E-state index in [0.717, 1.165) is 0 Å². The standard InChI is InChI=1S/C13H15N2O2.ClH/c1-14-6-7-15(10-14)9-13(16)11-4-3-5-12(8-11)17-2;/h3-8,10H,9H2,1-2H3;1H/q+1;/p-1. The molecule has 0 bridgehead atoms. The number of rotatable bonds is 4. The molecule has 4 nitrogen and oxygen atoms in total. The van der Waals surface area contributed by atoms with Gasteiger partial charge in [0.1, 0.15) is 18.1 Å². The van der Waals surface area contributed by atoms with Gasteiger partial charge < -0.3 is 17.1 Å². The molecule has 0 saturated heterocycles. The topological polar surface area (TPSA) is 35.1 Å². The minimum absolute atomic E-state index is 0. The van der Waals surface area contributed by atoms with E-state index in [9.17, 15) is 4.79 Å². The summed E-state index contributed by atoms with van der Waals surface area (Å²) in [6.07, 6.45) is 5.65. The van der Waals surface area contributed by atoms with Crippen LogP contribution in [0.1, 0.15) is 10.4 Å². The van der Waals surface area contributed by atoms with Crippen molar-refractivity contribution >= 4 is 5.78 Å². The van der Waals surface area contributed by atoms with Crippen LogP contribution in [-0.2, 0) is 13.6 Å². The van der Waals surface area contributed by atoms with E-state index < -0.39 is 0 Å². The van der Waals surface area contributed by atoms with E-state index in [0.29, 0.717) is 17.9 Å². The number of imidazole rings is 1. The van der Waals surface area contributed by atoms with E-state index in [1.54, 1.807) is 19.2 Å². The molecule has 0 amide bonds. The lowest BCUT2D eigenvalue weighted by Gasteiger charge is -2.02. The number of nitrogens with zero attached hydrogens (tertiary/aromatic N) is 2. The maximum absolute atomic E-state index is 12.0. The molecule has 5 heteroatoms. The lowest BCUT2D eigenvalue weighted by molar-refractivity contribution is -0.671. The highest BCUT2D eigenvalue weighted by molar-refractivity contribution is 5.96. The van der Waals surface area contributed by atoms with E-state index >= 15 is 0 Å². The third-order valence-corrected chi connectivity index (χ3v) is 2.54. The first-order valence-electron chi connectivity index (χ1n) is 5.37. The molecule has 0 fully saturated rings. The molecule has 2 rings (SSSR count). The fraction of sp³-hybridized carbons (Fsp3) is 0.231. The Hall–Kier alpha value is -1.81. The summed E-state index contributed by atoms with van der Waals surface area (Å²) >= 11 is 0. The minimum atomic E-state index is 0. The molecule has 0 aliphatic heterocycles. The van der Waals surface area contributed by atoms with Gasteiger partial charge in [-0.1, -0.05) is 12.1 Å². The van der Waals surface area contributed by atoms with E-state index in [1.165, 1.54) is 0 Å². The van der Waals surface area contributed by atoms with Crippen molar-refractivity contribution in [1.82, 2.24) is 4.57 Å². The zero-order chi connectivity index (χ0) is 12.3. The first kappa shape index (κ1) is 14.3. The number of ether oxygens (including phenoxy) is 1. The maximum atomic E-state index is 12.0. The Morgan fingerprint density at radius 1 is 1.44 bits per heavy atom. The molecule has 0 aliphatic carbocycles. The van der Waals surface area contributed by atoms with Crippen molar-refractivity contribution in [2.45, 2.75) is 6.54 Å². The number of aryl methyl sites for hydroxylation is 1.